The van der Waals surface area contributed by atoms with Crippen LogP contribution in [0.5, 0.6) is 0 Å². The van der Waals surface area contributed by atoms with E-state index >= 15 is 0 Å². The molecule has 2 aromatic carbocycles. The summed E-state index contributed by atoms with van der Waals surface area (Å²) in [7, 11) is 0. The van der Waals surface area contributed by atoms with Crippen molar-refractivity contribution >= 4 is 11.6 Å². The molecule has 1 amide bonds. The highest BCUT2D eigenvalue weighted by molar-refractivity contribution is 5.90. The Balaban J connectivity index is 1.60. The van der Waals surface area contributed by atoms with E-state index in [1.165, 1.54) is 10.6 Å². The lowest BCUT2D eigenvalue weighted by Gasteiger charge is -2.11. The van der Waals surface area contributed by atoms with Gasteiger partial charge in [0.1, 0.15) is 12.2 Å². The first kappa shape index (κ1) is 19.3. The molecule has 0 bridgehead atoms. The standard InChI is InChI=1S/C23H20N4O3/c1-2-16-8-6-11-18(14-16)24-20(28)15-27-19(12-7-13-21(27)29)23-25-22(26-30-23)17-9-4-3-5-10-17/h3-14H,2,15H2,1H3,(H,24,28). The number of hydrogen-bond donors (Lipinski definition) is 1. The van der Waals surface area contributed by atoms with Crippen LogP contribution in [0.4, 0.5) is 5.69 Å². The molecule has 0 aliphatic heterocycles. The van der Waals surface area contributed by atoms with Gasteiger partial charge in [-0.3, -0.25) is 14.2 Å². The van der Waals surface area contributed by atoms with Gasteiger partial charge in [0.15, 0.2) is 0 Å². The van der Waals surface area contributed by atoms with Crippen LogP contribution in [-0.2, 0) is 17.8 Å². The molecule has 0 aliphatic rings. The van der Waals surface area contributed by atoms with Crippen molar-refractivity contribution in [3.8, 4) is 23.0 Å². The zero-order valence-electron chi connectivity index (χ0n) is 16.4. The number of amides is 1. The molecule has 0 atom stereocenters. The summed E-state index contributed by atoms with van der Waals surface area (Å²) in [5.74, 6) is 0.266. The van der Waals surface area contributed by atoms with Crippen LogP contribution >= 0.6 is 0 Å². The third kappa shape index (κ3) is 4.20. The van der Waals surface area contributed by atoms with Gasteiger partial charge in [-0.15, -0.1) is 0 Å². The normalized spacial score (nSPS) is 10.7. The Labute approximate surface area is 173 Å². The number of anilines is 1. The Hall–Kier alpha value is -4.00. The lowest BCUT2D eigenvalue weighted by atomic mass is 10.1. The Bertz CT molecular complexity index is 1230. The molecule has 7 nitrogen and oxygen atoms in total. The maximum Gasteiger partial charge on any atom is 0.274 e. The van der Waals surface area contributed by atoms with Crippen molar-refractivity contribution in [2.45, 2.75) is 19.9 Å². The highest BCUT2D eigenvalue weighted by Gasteiger charge is 2.16. The molecule has 0 fully saturated rings. The van der Waals surface area contributed by atoms with Crippen LogP contribution in [0.3, 0.4) is 0 Å². The second-order valence-electron chi connectivity index (χ2n) is 6.73. The van der Waals surface area contributed by atoms with E-state index in [9.17, 15) is 9.59 Å². The van der Waals surface area contributed by atoms with Crippen LogP contribution in [0.15, 0.2) is 82.1 Å². The molecule has 0 unspecified atom stereocenters. The topological polar surface area (TPSA) is 90.0 Å². The molecule has 0 spiro atoms. The molecule has 2 heterocycles. The summed E-state index contributed by atoms with van der Waals surface area (Å²) in [4.78, 5) is 29.5. The fourth-order valence-electron chi connectivity index (χ4n) is 3.12. The number of aryl methyl sites for hydroxylation is 1. The predicted octanol–water partition coefficient (Wildman–Crippen LogP) is 3.77. The fraction of sp³-hybridized carbons (Fsp3) is 0.130. The van der Waals surface area contributed by atoms with Gasteiger partial charge in [0.25, 0.3) is 11.4 Å². The largest absolute Gasteiger partial charge is 0.332 e. The third-order valence-corrected chi connectivity index (χ3v) is 4.65. The van der Waals surface area contributed by atoms with Crippen LogP contribution in [0.25, 0.3) is 23.0 Å². The van der Waals surface area contributed by atoms with Crippen LogP contribution in [-0.4, -0.2) is 20.6 Å². The van der Waals surface area contributed by atoms with Gasteiger partial charge in [-0.25, -0.2) is 0 Å². The van der Waals surface area contributed by atoms with E-state index in [-0.39, 0.29) is 23.9 Å². The van der Waals surface area contributed by atoms with E-state index in [0.29, 0.717) is 17.2 Å². The lowest BCUT2D eigenvalue weighted by Crippen LogP contribution is -2.28. The molecule has 4 aromatic rings. The molecule has 0 saturated carbocycles. The van der Waals surface area contributed by atoms with Crippen LogP contribution in [0, 0.1) is 0 Å². The summed E-state index contributed by atoms with van der Waals surface area (Å²) in [5, 5.41) is 6.83. The number of nitrogens with one attached hydrogen (secondary N) is 1. The van der Waals surface area contributed by atoms with Crippen LogP contribution in [0.1, 0.15) is 12.5 Å². The SMILES string of the molecule is CCc1cccc(NC(=O)Cn2c(-c3nc(-c4ccccc4)no3)cccc2=O)c1. The molecule has 0 saturated heterocycles. The minimum atomic E-state index is -0.329. The Morgan fingerprint density at radius 2 is 1.83 bits per heavy atom. The number of carbonyl (C=O) groups excluding carboxylic acids is 1. The van der Waals surface area contributed by atoms with Crippen molar-refractivity contribution in [1.29, 1.82) is 0 Å². The van der Waals surface area contributed by atoms with Gasteiger partial charge in [-0.05, 0) is 30.2 Å². The molecule has 0 radical (unpaired) electrons. The van der Waals surface area contributed by atoms with E-state index < -0.39 is 0 Å². The molecular formula is C23H20N4O3. The summed E-state index contributed by atoms with van der Waals surface area (Å²) in [6.45, 7) is 1.87. The van der Waals surface area contributed by atoms with Crippen molar-refractivity contribution < 1.29 is 9.32 Å². The fourth-order valence-corrected chi connectivity index (χ4v) is 3.12. The van der Waals surface area contributed by atoms with E-state index in [2.05, 4.69) is 15.5 Å². The summed E-state index contributed by atoms with van der Waals surface area (Å²) in [6.07, 6.45) is 0.868. The van der Waals surface area contributed by atoms with Crippen molar-refractivity contribution in [2.75, 3.05) is 5.32 Å². The number of rotatable bonds is 6. The van der Waals surface area contributed by atoms with Crippen LogP contribution < -0.4 is 10.9 Å². The van der Waals surface area contributed by atoms with Gasteiger partial charge in [-0.2, -0.15) is 4.98 Å². The zero-order valence-corrected chi connectivity index (χ0v) is 16.4. The van der Waals surface area contributed by atoms with Gasteiger partial charge < -0.3 is 9.84 Å². The average molecular weight is 400 g/mol. The second-order valence-corrected chi connectivity index (χ2v) is 6.73. The van der Waals surface area contributed by atoms with Crippen molar-refractivity contribution in [2.24, 2.45) is 0 Å². The quantitative estimate of drug-likeness (QED) is 0.532. The summed E-state index contributed by atoms with van der Waals surface area (Å²) < 4.78 is 6.70. The smallest absolute Gasteiger partial charge is 0.274 e. The predicted molar refractivity (Wildman–Crippen MR) is 114 cm³/mol. The number of pyridine rings is 1. The van der Waals surface area contributed by atoms with Gasteiger partial charge >= 0.3 is 0 Å². The van der Waals surface area contributed by atoms with Crippen molar-refractivity contribution in [1.82, 2.24) is 14.7 Å². The maximum absolute atomic E-state index is 12.6. The molecule has 1 N–H and O–H groups in total. The third-order valence-electron chi connectivity index (χ3n) is 4.65. The molecule has 30 heavy (non-hydrogen) atoms. The molecular weight excluding hydrogens is 380 g/mol. The molecule has 2 aromatic heterocycles. The van der Waals surface area contributed by atoms with Crippen molar-refractivity contribution in [3.05, 3.63) is 88.7 Å². The molecule has 150 valence electrons. The number of benzene rings is 2. The van der Waals surface area contributed by atoms with Gasteiger partial charge in [0, 0.05) is 17.3 Å². The lowest BCUT2D eigenvalue weighted by molar-refractivity contribution is -0.116. The zero-order chi connectivity index (χ0) is 20.9. The Morgan fingerprint density at radius 3 is 2.63 bits per heavy atom. The number of hydrogen-bond acceptors (Lipinski definition) is 5. The number of aromatic nitrogens is 3. The van der Waals surface area contributed by atoms with Crippen molar-refractivity contribution in [3.63, 3.8) is 0 Å². The van der Waals surface area contributed by atoms with E-state index in [1.807, 2.05) is 61.5 Å². The minimum absolute atomic E-state index is 0.172. The molecule has 7 heteroatoms. The van der Waals surface area contributed by atoms with Gasteiger partial charge in [-0.1, -0.05) is 60.6 Å². The second kappa shape index (κ2) is 8.57. The summed E-state index contributed by atoms with van der Waals surface area (Å²) in [6, 6.07) is 21.7. The van der Waals surface area contributed by atoms with Gasteiger partial charge in [0.05, 0.1) is 0 Å². The average Bonchev–Trinajstić information content (AvgIpc) is 3.26. The Kier molecular flexibility index (Phi) is 5.52. The number of nitrogens with zero attached hydrogens (tertiary/aromatic N) is 3. The highest BCUT2D eigenvalue weighted by Crippen LogP contribution is 2.21. The van der Waals surface area contributed by atoms with E-state index in [4.69, 9.17) is 4.52 Å². The van der Waals surface area contributed by atoms with E-state index in [1.54, 1.807) is 12.1 Å². The first-order valence-electron chi connectivity index (χ1n) is 9.62. The van der Waals surface area contributed by atoms with Gasteiger partial charge in [0.2, 0.25) is 11.7 Å². The van der Waals surface area contributed by atoms with E-state index in [0.717, 1.165) is 17.5 Å². The Morgan fingerprint density at radius 1 is 1.03 bits per heavy atom. The first-order valence-corrected chi connectivity index (χ1v) is 9.62. The summed E-state index contributed by atoms with van der Waals surface area (Å²) in [5.41, 5.74) is 2.66. The maximum atomic E-state index is 12.6. The monoisotopic (exact) mass is 400 g/mol. The number of carbonyl (C=O) groups is 1. The van der Waals surface area contributed by atoms with Crippen LogP contribution in [0.2, 0.25) is 0 Å². The molecule has 0 aliphatic carbocycles. The molecule has 4 rings (SSSR count). The first-order chi connectivity index (χ1) is 14.6. The summed E-state index contributed by atoms with van der Waals surface area (Å²) >= 11 is 0. The minimum Gasteiger partial charge on any atom is -0.332 e. The highest BCUT2D eigenvalue weighted by atomic mass is 16.5.